The number of amides is 1. The SMILES string of the molecule is CC(C)(C)OCCOc1ccc(C(=O)Nc2ccncc2)cn1. The van der Waals surface area contributed by atoms with E-state index in [2.05, 4.69) is 15.3 Å². The Morgan fingerprint density at radius 3 is 2.48 bits per heavy atom. The van der Waals surface area contributed by atoms with Crippen LogP contribution in [0.1, 0.15) is 31.1 Å². The molecule has 6 heteroatoms. The number of nitrogens with one attached hydrogen (secondary N) is 1. The molecule has 23 heavy (non-hydrogen) atoms. The molecule has 0 aromatic carbocycles. The lowest BCUT2D eigenvalue weighted by molar-refractivity contribution is -0.0168. The van der Waals surface area contributed by atoms with Gasteiger partial charge in [-0.3, -0.25) is 9.78 Å². The molecule has 1 N–H and O–H groups in total. The van der Waals surface area contributed by atoms with E-state index >= 15 is 0 Å². The van der Waals surface area contributed by atoms with E-state index in [1.165, 1.54) is 6.20 Å². The monoisotopic (exact) mass is 315 g/mol. The lowest BCUT2D eigenvalue weighted by atomic mass is 10.2. The van der Waals surface area contributed by atoms with Gasteiger partial charge < -0.3 is 14.8 Å². The van der Waals surface area contributed by atoms with Gasteiger partial charge in [-0.1, -0.05) is 0 Å². The second-order valence-corrected chi connectivity index (χ2v) is 5.88. The minimum absolute atomic E-state index is 0.189. The zero-order chi connectivity index (χ0) is 16.7. The maximum atomic E-state index is 12.1. The number of carbonyl (C=O) groups excluding carboxylic acids is 1. The van der Waals surface area contributed by atoms with Gasteiger partial charge in [0.25, 0.3) is 5.91 Å². The van der Waals surface area contributed by atoms with Crippen molar-refractivity contribution in [3.63, 3.8) is 0 Å². The molecule has 0 radical (unpaired) electrons. The van der Waals surface area contributed by atoms with Gasteiger partial charge in [0.2, 0.25) is 5.88 Å². The summed E-state index contributed by atoms with van der Waals surface area (Å²) in [4.78, 5) is 20.1. The highest BCUT2D eigenvalue weighted by molar-refractivity contribution is 6.04. The molecule has 0 saturated heterocycles. The maximum absolute atomic E-state index is 12.1. The van der Waals surface area contributed by atoms with Crippen LogP contribution in [0.25, 0.3) is 0 Å². The summed E-state index contributed by atoms with van der Waals surface area (Å²) in [6.45, 7) is 6.85. The van der Waals surface area contributed by atoms with Crippen LogP contribution in [0.2, 0.25) is 0 Å². The fourth-order valence-electron chi connectivity index (χ4n) is 1.73. The summed E-state index contributed by atoms with van der Waals surface area (Å²) in [5, 5.41) is 2.77. The van der Waals surface area contributed by atoms with Crippen LogP contribution in [0.4, 0.5) is 5.69 Å². The average molecular weight is 315 g/mol. The number of anilines is 1. The Morgan fingerprint density at radius 2 is 1.87 bits per heavy atom. The first-order valence-corrected chi connectivity index (χ1v) is 7.38. The van der Waals surface area contributed by atoms with Crippen LogP contribution in [-0.2, 0) is 4.74 Å². The van der Waals surface area contributed by atoms with Crippen LogP contribution in [0, 0.1) is 0 Å². The zero-order valence-corrected chi connectivity index (χ0v) is 13.6. The highest BCUT2D eigenvalue weighted by Crippen LogP contribution is 2.11. The Bertz CT molecular complexity index is 622. The third kappa shape index (κ3) is 6.04. The van der Waals surface area contributed by atoms with E-state index in [0.717, 1.165) is 0 Å². The van der Waals surface area contributed by atoms with Crippen LogP contribution >= 0.6 is 0 Å². The topological polar surface area (TPSA) is 73.3 Å². The molecule has 0 unspecified atom stereocenters. The quantitative estimate of drug-likeness (QED) is 0.830. The molecule has 0 atom stereocenters. The van der Waals surface area contributed by atoms with E-state index in [4.69, 9.17) is 9.47 Å². The van der Waals surface area contributed by atoms with Gasteiger partial charge in [0.15, 0.2) is 0 Å². The normalized spacial score (nSPS) is 11.1. The standard InChI is InChI=1S/C17H21N3O3/c1-17(2,3)23-11-10-22-15-5-4-13(12-19-15)16(21)20-14-6-8-18-9-7-14/h4-9,12H,10-11H2,1-3H3,(H,18,20,21). The van der Waals surface area contributed by atoms with E-state index in [1.54, 1.807) is 36.7 Å². The highest BCUT2D eigenvalue weighted by Gasteiger charge is 2.10. The first-order valence-electron chi connectivity index (χ1n) is 7.38. The predicted octanol–water partition coefficient (Wildman–Crippen LogP) is 2.92. The molecule has 1 amide bonds. The average Bonchev–Trinajstić information content (AvgIpc) is 2.52. The molecular weight excluding hydrogens is 294 g/mol. The predicted molar refractivity (Wildman–Crippen MR) is 87.6 cm³/mol. The Morgan fingerprint density at radius 1 is 1.13 bits per heavy atom. The molecule has 0 aliphatic carbocycles. The van der Waals surface area contributed by atoms with Crippen LogP contribution < -0.4 is 10.1 Å². The molecule has 2 heterocycles. The van der Waals surface area contributed by atoms with Gasteiger partial charge in [-0.05, 0) is 39.0 Å². The number of nitrogens with zero attached hydrogens (tertiary/aromatic N) is 2. The number of ether oxygens (including phenoxy) is 2. The summed E-state index contributed by atoms with van der Waals surface area (Å²) < 4.78 is 11.0. The second-order valence-electron chi connectivity index (χ2n) is 5.88. The summed E-state index contributed by atoms with van der Waals surface area (Å²) in [6.07, 6.45) is 4.71. The van der Waals surface area contributed by atoms with Gasteiger partial charge in [-0.15, -0.1) is 0 Å². The molecule has 2 aromatic heterocycles. The zero-order valence-electron chi connectivity index (χ0n) is 13.6. The fourth-order valence-corrected chi connectivity index (χ4v) is 1.73. The highest BCUT2D eigenvalue weighted by atomic mass is 16.5. The molecule has 6 nitrogen and oxygen atoms in total. The molecule has 0 fully saturated rings. The van der Waals surface area contributed by atoms with Crippen LogP contribution in [-0.4, -0.2) is 34.7 Å². The Balaban J connectivity index is 1.83. The first kappa shape index (κ1) is 16.9. The molecule has 0 aliphatic heterocycles. The Kier molecular flexibility index (Phi) is 5.65. The summed E-state index contributed by atoms with van der Waals surface area (Å²) in [5.41, 5.74) is 0.954. The Hall–Kier alpha value is -2.47. The number of rotatable bonds is 6. The van der Waals surface area contributed by atoms with Crippen molar-refractivity contribution in [2.24, 2.45) is 0 Å². The van der Waals surface area contributed by atoms with Gasteiger partial charge in [0, 0.05) is 30.3 Å². The van der Waals surface area contributed by atoms with Gasteiger partial charge in [-0.2, -0.15) is 0 Å². The molecule has 0 saturated carbocycles. The van der Waals surface area contributed by atoms with Crippen molar-refractivity contribution in [3.05, 3.63) is 48.4 Å². The van der Waals surface area contributed by atoms with E-state index in [9.17, 15) is 4.79 Å². The van der Waals surface area contributed by atoms with Crippen LogP contribution in [0.15, 0.2) is 42.9 Å². The second kappa shape index (κ2) is 7.69. The largest absolute Gasteiger partial charge is 0.475 e. The Labute approximate surface area is 135 Å². The molecule has 2 aromatic rings. The summed E-state index contributed by atoms with van der Waals surface area (Å²) in [7, 11) is 0. The lowest BCUT2D eigenvalue weighted by Gasteiger charge is -2.19. The molecule has 2 rings (SSSR count). The summed E-state index contributed by atoms with van der Waals surface area (Å²) in [6, 6.07) is 6.78. The molecule has 0 bridgehead atoms. The van der Waals surface area contributed by atoms with Gasteiger partial charge in [0.1, 0.15) is 6.61 Å². The van der Waals surface area contributed by atoms with Crippen molar-refractivity contribution < 1.29 is 14.3 Å². The van der Waals surface area contributed by atoms with Crippen molar-refractivity contribution in [2.45, 2.75) is 26.4 Å². The van der Waals surface area contributed by atoms with Crippen molar-refractivity contribution in [2.75, 3.05) is 18.5 Å². The smallest absolute Gasteiger partial charge is 0.257 e. The molecular formula is C17H21N3O3. The molecule has 122 valence electrons. The minimum Gasteiger partial charge on any atom is -0.475 e. The lowest BCUT2D eigenvalue weighted by Crippen LogP contribution is -2.22. The van der Waals surface area contributed by atoms with E-state index < -0.39 is 0 Å². The summed E-state index contributed by atoms with van der Waals surface area (Å²) >= 11 is 0. The maximum Gasteiger partial charge on any atom is 0.257 e. The fraction of sp³-hybridized carbons (Fsp3) is 0.353. The van der Waals surface area contributed by atoms with Gasteiger partial charge >= 0.3 is 0 Å². The number of aromatic nitrogens is 2. The molecule has 0 aliphatic rings. The number of carbonyl (C=O) groups is 1. The van der Waals surface area contributed by atoms with Crippen LogP contribution in [0.5, 0.6) is 5.88 Å². The number of hydrogen-bond donors (Lipinski definition) is 1. The number of pyridine rings is 2. The minimum atomic E-state index is -0.230. The molecule has 0 spiro atoms. The number of hydrogen-bond acceptors (Lipinski definition) is 5. The third-order valence-electron chi connectivity index (χ3n) is 2.81. The summed E-state index contributed by atoms with van der Waals surface area (Å²) in [5.74, 6) is 0.231. The van der Waals surface area contributed by atoms with Gasteiger partial charge in [-0.25, -0.2) is 4.98 Å². The van der Waals surface area contributed by atoms with Gasteiger partial charge in [0.05, 0.1) is 17.8 Å². The van der Waals surface area contributed by atoms with Crippen molar-refractivity contribution in [1.82, 2.24) is 9.97 Å². The van der Waals surface area contributed by atoms with Crippen LogP contribution in [0.3, 0.4) is 0 Å². The van der Waals surface area contributed by atoms with E-state index in [1.807, 2.05) is 20.8 Å². The van der Waals surface area contributed by atoms with E-state index in [0.29, 0.717) is 30.3 Å². The first-order chi connectivity index (χ1) is 10.9. The van der Waals surface area contributed by atoms with Crippen molar-refractivity contribution in [1.29, 1.82) is 0 Å². The third-order valence-corrected chi connectivity index (χ3v) is 2.81. The van der Waals surface area contributed by atoms with Crippen molar-refractivity contribution in [3.8, 4) is 5.88 Å². The van der Waals surface area contributed by atoms with Crippen molar-refractivity contribution >= 4 is 11.6 Å². The van der Waals surface area contributed by atoms with E-state index in [-0.39, 0.29) is 11.5 Å².